The first-order valence-corrected chi connectivity index (χ1v) is 12.0. The normalized spacial score (nSPS) is 27.6. The number of hydrogen-bond donors (Lipinski definition) is 1. The van der Waals surface area contributed by atoms with Crippen LogP contribution in [0.15, 0.2) is 24.7 Å². The molecule has 3 aromatic heterocycles. The van der Waals surface area contributed by atoms with Crippen molar-refractivity contribution < 1.29 is 15.7 Å². The molecule has 10 heteroatoms. The summed E-state index contributed by atoms with van der Waals surface area (Å²) in [5.74, 6) is 0.329. The van der Waals surface area contributed by atoms with E-state index in [1.165, 1.54) is 30.2 Å². The lowest BCUT2D eigenvalue weighted by Crippen LogP contribution is -2.44. The third-order valence-electron chi connectivity index (χ3n) is 5.38. The molecular weight excluding hydrogens is 448 g/mol. The highest BCUT2D eigenvalue weighted by molar-refractivity contribution is 7.18. The second-order valence-corrected chi connectivity index (χ2v) is 9.23. The molecule has 1 N–H and O–H groups in total. The first-order valence-electron chi connectivity index (χ1n) is 15.2. The van der Waals surface area contributed by atoms with E-state index in [2.05, 4.69) is 30.2 Å². The maximum Gasteiger partial charge on any atom is 0.317 e. The molecule has 34 heavy (non-hydrogen) atoms. The van der Waals surface area contributed by atoms with Gasteiger partial charge in [-0.3, -0.25) is 9.88 Å². The minimum Gasteiger partial charge on any atom is -0.460 e. The van der Waals surface area contributed by atoms with Gasteiger partial charge in [-0.25, -0.2) is 15.0 Å². The minimum absolute atomic E-state index is 0.130. The summed E-state index contributed by atoms with van der Waals surface area (Å²) >= 11 is 1.34. The molecule has 1 saturated heterocycles. The van der Waals surface area contributed by atoms with Crippen LogP contribution in [-0.4, -0.2) is 73.9 Å². The Balaban J connectivity index is 1.29. The second-order valence-electron chi connectivity index (χ2n) is 8.20. The van der Waals surface area contributed by atoms with Gasteiger partial charge in [-0.05, 0) is 45.7 Å². The highest BCUT2D eigenvalue weighted by atomic mass is 32.1. The van der Waals surface area contributed by atoms with Crippen LogP contribution in [0.2, 0.25) is 0 Å². The van der Waals surface area contributed by atoms with Crippen molar-refractivity contribution in [2.45, 2.75) is 51.7 Å². The average Bonchev–Trinajstić information content (AvgIpc) is 3.40. The summed E-state index contributed by atoms with van der Waals surface area (Å²) in [4.78, 5) is 23.7. The zero-order valence-corrected chi connectivity index (χ0v) is 19.9. The van der Waals surface area contributed by atoms with Crippen LogP contribution in [0.5, 0.6) is 6.01 Å². The number of nitrogens with one attached hydrogen (secondary N) is 1. The standard InChI is InChI=1S/C24H32N8OS/c1-17-12-20(29-23(28-17)33-19-6-4-3-5-7-19)21-14-27-24(34-21)30-22-15-25-18(13-26-22)16-32-10-8-31(2)9-11-32/h12-15,19H,3-11,16H2,1-2H3,(H,26,27,30)/i8D2,9D2,10D2,11D2. The lowest BCUT2D eigenvalue weighted by molar-refractivity contribution is 0.142. The molecule has 0 bridgehead atoms. The molecule has 5 rings (SSSR count). The number of ether oxygens (including phenoxy) is 1. The third-order valence-corrected chi connectivity index (χ3v) is 6.32. The summed E-state index contributed by atoms with van der Waals surface area (Å²) in [6, 6.07) is 2.22. The SMILES string of the molecule is [2H]C1([2H])N(C)C([2H])([2H])C([2H])([2H])N(Cc2cnc(Nc3ncc(-c4cc(C)nc(OC5CCCCC5)n4)s3)cn2)C1([2H])[2H]. The summed E-state index contributed by atoms with van der Waals surface area (Å²) < 4.78 is 72.1. The Kier molecular flexibility index (Phi) is 4.83. The molecule has 1 aliphatic heterocycles. The summed E-state index contributed by atoms with van der Waals surface area (Å²) in [6.07, 6.45) is 10.00. The topological polar surface area (TPSA) is 92.2 Å². The molecule has 0 aromatic carbocycles. The van der Waals surface area contributed by atoms with Gasteiger partial charge in [0.1, 0.15) is 6.10 Å². The molecule has 2 fully saturated rings. The number of anilines is 2. The van der Waals surface area contributed by atoms with Crippen molar-refractivity contribution in [3.63, 3.8) is 0 Å². The van der Waals surface area contributed by atoms with Crippen molar-refractivity contribution in [1.29, 1.82) is 0 Å². The van der Waals surface area contributed by atoms with E-state index in [9.17, 15) is 0 Å². The zero-order valence-electron chi connectivity index (χ0n) is 27.1. The Morgan fingerprint density at radius 1 is 1.06 bits per heavy atom. The van der Waals surface area contributed by atoms with Crippen LogP contribution < -0.4 is 10.1 Å². The molecule has 1 aliphatic carbocycles. The van der Waals surface area contributed by atoms with Gasteiger partial charge in [0.05, 0.1) is 28.7 Å². The van der Waals surface area contributed by atoms with Crippen molar-refractivity contribution in [3.8, 4) is 16.6 Å². The molecule has 0 spiro atoms. The van der Waals surface area contributed by atoms with Crippen molar-refractivity contribution in [3.05, 3.63) is 36.0 Å². The van der Waals surface area contributed by atoms with E-state index in [-0.39, 0.29) is 11.8 Å². The maximum absolute atomic E-state index is 8.34. The molecule has 0 atom stereocenters. The molecule has 0 radical (unpaired) electrons. The Morgan fingerprint density at radius 2 is 1.88 bits per heavy atom. The Hall–Kier alpha value is -2.69. The predicted octanol–water partition coefficient (Wildman–Crippen LogP) is 3.90. The van der Waals surface area contributed by atoms with Crippen LogP contribution in [0.25, 0.3) is 10.6 Å². The lowest BCUT2D eigenvalue weighted by atomic mass is 9.98. The van der Waals surface area contributed by atoms with E-state index >= 15 is 0 Å². The van der Waals surface area contributed by atoms with E-state index in [1.54, 1.807) is 6.20 Å². The summed E-state index contributed by atoms with van der Waals surface area (Å²) in [5.41, 5.74) is 1.60. The fourth-order valence-electron chi connectivity index (χ4n) is 3.68. The largest absolute Gasteiger partial charge is 0.460 e. The van der Waals surface area contributed by atoms with E-state index in [1.807, 2.05) is 13.0 Å². The minimum atomic E-state index is -2.88. The van der Waals surface area contributed by atoms with E-state index in [0.717, 1.165) is 43.3 Å². The van der Waals surface area contributed by atoms with E-state index in [4.69, 9.17) is 15.7 Å². The molecule has 180 valence electrons. The fourth-order valence-corrected chi connectivity index (χ4v) is 4.46. The van der Waals surface area contributed by atoms with Crippen molar-refractivity contribution in [2.24, 2.45) is 0 Å². The van der Waals surface area contributed by atoms with Crippen molar-refractivity contribution in [1.82, 2.24) is 34.7 Å². The number of hydrogen-bond acceptors (Lipinski definition) is 10. The Labute approximate surface area is 215 Å². The number of aromatic nitrogens is 5. The van der Waals surface area contributed by atoms with Gasteiger partial charge < -0.3 is 15.0 Å². The number of aryl methyl sites for hydroxylation is 1. The van der Waals surface area contributed by atoms with Gasteiger partial charge in [-0.2, -0.15) is 4.98 Å². The molecule has 4 heterocycles. The number of likely N-dealkylation sites (N-methyl/N-ethyl adjacent to an activating group) is 1. The first kappa shape index (κ1) is 15.3. The summed E-state index contributed by atoms with van der Waals surface area (Å²) in [6.45, 7) is -10.0. The Bertz CT molecular complexity index is 1390. The number of piperazine rings is 1. The highest BCUT2D eigenvalue weighted by Crippen LogP contribution is 2.31. The van der Waals surface area contributed by atoms with Crippen LogP contribution in [0, 0.1) is 6.92 Å². The molecule has 0 amide bonds. The van der Waals surface area contributed by atoms with Crippen molar-refractivity contribution in [2.75, 3.05) is 38.4 Å². The van der Waals surface area contributed by atoms with Gasteiger partial charge in [-0.1, -0.05) is 17.8 Å². The fraction of sp³-hybridized carbons (Fsp3) is 0.542. The van der Waals surface area contributed by atoms with Crippen LogP contribution in [-0.2, 0) is 6.54 Å². The van der Waals surface area contributed by atoms with Gasteiger partial charge in [0, 0.05) is 55.4 Å². The molecular formula is C24H32N8OS. The maximum atomic E-state index is 8.34. The molecule has 3 aromatic rings. The average molecular weight is 489 g/mol. The summed E-state index contributed by atoms with van der Waals surface area (Å²) in [7, 11) is 1.02. The quantitative estimate of drug-likeness (QED) is 0.531. The van der Waals surface area contributed by atoms with Crippen LogP contribution in [0.4, 0.5) is 10.9 Å². The predicted molar refractivity (Wildman–Crippen MR) is 133 cm³/mol. The van der Waals surface area contributed by atoms with E-state index < -0.39 is 32.5 Å². The zero-order chi connectivity index (χ0) is 30.5. The van der Waals surface area contributed by atoms with E-state index in [0.29, 0.717) is 32.5 Å². The highest BCUT2D eigenvalue weighted by Gasteiger charge is 2.18. The van der Waals surface area contributed by atoms with Crippen LogP contribution in [0.3, 0.4) is 0 Å². The lowest BCUT2D eigenvalue weighted by Gasteiger charge is -2.31. The molecule has 1 saturated carbocycles. The van der Waals surface area contributed by atoms with Crippen molar-refractivity contribution >= 4 is 22.3 Å². The van der Waals surface area contributed by atoms with Gasteiger partial charge in [0.25, 0.3) is 0 Å². The van der Waals surface area contributed by atoms with Gasteiger partial charge in [0.2, 0.25) is 0 Å². The molecule has 9 nitrogen and oxygen atoms in total. The molecule has 0 unspecified atom stereocenters. The molecule has 2 aliphatic rings. The van der Waals surface area contributed by atoms with Crippen LogP contribution >= 0.6 is 11.3 Å². The number of rotatable bonds is 7. The third kappa shape index (κ3) is 6.05. The van der Waals surface area contributed by atoms with Gasteiger partial charge >= 0.3 is 6.01 Å². The van der Waals surface area contributed by atoms with Gasteiger partial charge in [-0.15, -0.1) is 0 Å². The summed E-state index contributed by atoms with van der Waals surface area (Å²) in [5, 5.41) is 3.57. The Morgan fingerprint density at radius 3 is 2.65 bits per heavy atom. The number of nitrogens with zero attached hydrogens (tertiary/aromatic N) is 7. The number of thiazole rings is 1. The smallest absolute Gasteiger partial charge is 0.317 e. The first-order chi connectivity index (χ1) is 19.6. The monoisotopic (exact) mass is 488 g/mol. The van der Waals surface area contributed by atoms with Gasteiger partial charge in [0.15, 0.2) is 10.9 Å². The van der Waals surface area contributed by atoms with Crippen LogP contribution in [0.1, 0.15) is 54.5 Å². The second kappa shape index (κ2) is 10.7.